The first-order valence-electron chi connectivity index (χ1n) is 6.48. The predicted octanol–water partition coefficient (Wildman–Crippen LogP) is 1.98. The number of nitrogens with zero attached hydrogens (tertiary/aromatic N) is 1. The molecule has 5 aliphatic rings. The Balaban J connectivity index is 1.72. The molecule has 2 bridgehead atoms. The predicted molar refractivity (Wildman–Crippen MR) is 54.7 cm³/mol. The molecule has 0 spiro atoms. The third kappa shape index (κ3) is 0.512. The summed E-state index contributed by atoms with van der Waals surface area (Å²) in [5.74, 6) is 6.78. The Morgan fingerprint density at radius 2 is 2.00 bits per heavy atom. The first kappa shape index (κ1) is 7.27. The number of rotatable bonds is 0. The van der Waals surface area contributed by atoms with Crippen LogP contribution in [0.1, 0.15) is 26.7 Å². The molecule has 0 aromatic carbocycles. The molecule has 9 atom stereocenters. The highest BCUT2D eigenvalue weighted by Crippen LogP contribution is 2.75. The summed E-state index contributed by atoms with van der Waals surface area (Å²) < 4.78 is 0. The van der Waals surface area contributed by atoms with Gasteiger partial charge in [0.05, 0.1) is 0 Å². The van der Waals surface area contributed by atoms with Gasteiger partial charge in [-0.1, -0.05) is 6.92 Å². The average Bonchev–Trinajstić information content (AvgIpc) is 2.97. The van der Waals surface area contributed by atoms with Crippen LogP contribution in [0.25, 0.3) is 0 Å². The summed E-state index contributed by atoms with van der Waals surface area (Å²) in [6.45, 7) is 6.56. The van der Waals surface area contributed by atoms with Crippen molar-refractivity contribution in [3.05, 3.63) is 0 Å². The van der Waals surface area contributed by atoms with Gasteiger partial charge in [0.1, 0.15) is 0 Å². The topological polar surface area (TPSA) is 3.01 Å². The van der Waals surface area contributed by atoms with E-state index in [2.05, 4.69) is 18.7 Å². The highest BCUT2D eigenvalue weighted by molar-refractivity contribution is 5.30. The number of fused-ring (bicyclic) bond motifs is 7. The van der Waals surface area contributed by atoms with Crippen LogP contribution in [0.2, 0.25) is 0 Å². The number of hydrogen-bond acceptors (Lipinski definition) is 1. The van der Waals surface area contributed by atoms with E-state index in [9.17, 15) is 0 Å². The molecule has 14 heavy (non-hydrogen) atoms. The highest BCUT2D eigenvalue weighted by atomic mass is 15.4. The molecule has 1 heteroatoms. The molecule has 3 saturated carbocycles. The fourth-order valence-electron chi connectivity index (χ4n) is 6.16. The lowest BCUT2D eigenvalue weighted by Crippen LogP contribution is -2.35. The monoisotopic (exact) mass is 189 g/mol. The van der Waals surface area contributed by atoms with E-state index in [-0.39, 0.29) is 0 Å². The van der Waals surface area contributed by atoms with Crippen LogP contribution in [-0.2, 0) is 0 Å². The van der Waals surface area contributed by atoms with E-state index in [1.807, 2.05) is 0 Å². The third-order valence-corrected chi connectivity index (χ3v) is 6.72. The molecular weight excluding hydrogens is 170 g/mol. The van der Waals surface area contributed by atoms with Gasteiger partial charge in [-0.15, -0.1) is 0 Å². The second-order valence-corrected chi connectivity index (χ2v) is 6.98. The van der Waals surface area contributed by atoms with Gasteiger partial charge in [0.2, 0.25) is 0 Å². The summed E-state index contributed by atoms with van der Waals surface area (Å²) in [7, 11) is 0. The molecule has 0 aromatic rings. The maximum atomic E-state index is 2.85. The molecule has 3 aliphatic carbocycles. The van der Waals surface area contributed by atoms with E-state index >= 15 is 0 Å². The zero-order valence-electron chi connectivity index (χ0n) is 9.11. The van der Waals surface area contributed by atoms with Gasteiger partial charge in [0, 0.05) is 18.1 Å². The summed E-state index contributed by atoms with van der Waals surface area (Å²) in [5.41, 5.74) is 0.689. The van der Waals surface area contributed by atoms with Gasteiger partial charge < -0.3 is 0 Å². The first-order chi connectivity index (χ1) is 6.72. The summed E-state index contributed by atoms with van der Waals surface area (Å²) in [6.07, 6.45) is 3.17. The summed E-state index contributed by atoms with van der Waals surface area (Å²) in [6, 6.07) is 1.03. The lowest BCUT2D eigenvalue weighted by molar-refractivity contribution is 0.145. The minimum Gasteiger partial charge on any atom is -0.291 e. The minimum absolute atomic E-state index is 0.689. The fraction of sp³-hybridized carbons (Fsp3) is 1.00. The Hall–Kier alpha value is -0.0400. The highest BCUT2D eigenvalue weighted by Gasteiger charge is 2.77. The normalized spacial score (nSPS) is 81.0. The van der Waals surface area contributed by atoms with E-state index in [4.69, 9.17) is 0 Å². The zero-order valence-corrected chi connectivity index (χ0v) is 9.11. The molecule has 0 amide bonds. The number of hydrogen-bond donors (Lipinski definition) is 0. The maximum absolute atomic E-state index is 2.85. The Bertz CT molecular complexity index is 338. The van der Waals surface area contributed by atoms with Gasteiger partial charge in [0.25, 0.3) is 0 Å². The van der Waals surface area contributed by atoms with Crippen LogP contribution in [0.5, 0.6) is 0 Å². The summed E-state index contributed by atoms with van der Waals surface area (Å²) in [4.78, 5) is 2.85. The van der Waals surface area contributed by atoms with Crippen LogP contribution < -0.4 is 0 Å². The van der Waals surface area contributed by atoms with Crippen LogP contribution >= 0.6 is 0 Å². The molecular formula is C13H19N. The Kier molecular flexibility index (Phi) is 0.886. The first-order valence-corrected chi connectivity index (χ1v) is 6.48. The molecule has 0 radical (unpaired) electrons. The Morgan fingerprint density at radius 1 is 1.14 bits per heavy atom. The van der Waals surface area contributed by atoms with Crippen molar-refractivity contribution < 1.29 is 0 Å². The molecule has 5 rings (SSSR count). The molecule has 2 heterocycles. The second-order valence-electron chi connectivity index (χ2n) is 6.98. The van der Waals surface area contributed by atoms with Crippen LogP contribution in [0, 0.1) is 35.5 Å². The largest absolute Gasteiger partial charge is 0.291 e. The van der Waals surface area contributed by atoms with Gasteiger partial charge in [-0.2, -0.15) is 0 Å². The van der Waals surface area contributed by atoms with Crippen LogP contribution in [0.4, 0.5) is 0 Å². The summed E-state index contributed by atoms with van der Waals surface area (Å²) in [5, 5.41) is 0. The van der Waals surface area contributed by atoms with Crippen LogP contribution in [0.15, 0.2) is 0 Å². The maximum Gasteiger partial charge on any atom is 0.0346 e. The van der Waals surface area contributed by atoms with Gasteiger partial charge >= 0.3 is 0 Å². The van der Waals surface area contributed by atoms with Crippen molar-refractivity contribution >= 4 is 0 Å². The van der Waals surface area contributed by atoms with Gasteiger partial charge in [-0.05, 0) is 55.3 Å². The van der Waals surface area contributed by atoms with Gasteiger partial charge in [0.15, 0.2) is 0 Å². The smallest absolute Gasteiger partial charge is 0.0346 e. The van der Waals surface area contributed by atoms with E-state index < -0.39 is 0 Å². The molecule has 5 fully saturated rings. The lowest BCUT2D eigenvalue weighted by atomic mass is 9.69. The van der Waals surface area contributed by atoms with Crippen molar-refractivity contribution in [2.45, 2.75) is 38.3 Å². The second kappa shape index (κ2) is 1.71. The molecule has 76 valence electrons. The zero-order chi connectivity index (χ0) is 9.24. The average molecular weight is 189 g/mol. The molecule has 0 N–H and O–H groups in total. The van der Waals surface area contributed by atoms with E-state index in [0.29, 0.717) is 5.54 Å². The van der Waals surface area contributed by atoms with E-state index in [0.717, 1.165) is 29.7 Å². The molecule has 2 unspecified atom stereocenters. The van der Waals surface area contributed by atoms with Gasteiger partial charge in [-0.25, -0.2) is 0 Å². The van der Waals surface area contributed by atoms with Crippen LogP contribution in [0.3, 0.4) is 0 Å². The molecule has 2 aliphatic heterocycles. The Morgan fingerprint density at radius 3 is 2.86 bits per heavy atom. The minimum atomic E-state index is 0.689. The van der Waals surface area contributed by atoms with E-state index in [1.165, 1.54) is 18.4 Å². The van der Waals surface area contributed by atoms with Crippen molar-refractivity contribution in [1.82, 2.24) is 4.90 Å². The number of piperidine rings is 1. The van der Waals surface area contributed by atoms with Crippen molar-refractivity contribution in [1.29, 1.82) is 0 Å². The summed E-state index contributed by atoms with van der Waals surface area (Å²) >= 11 is 0. The fourth-order valence-corrected chi connectivity index (χ4v) is 6.16. The standard InChI is InChI=1S/C13H19N/c1-6-7-4-10-11(6)12(9-3-8(7)9)13(2)5-14(10)13/h6-12H,3-5H2,1-2H3/t6-,7?,8+,9?,10+,11-,12-,13+,14+/m1/s1. The van der Waals surface area contributed by atoms with Crippen molar-refractivity contribution in [2.75, 3.05) is 6.54 Å². The van der Waals surface area contributed by atoms with E-state index in [1.54, 1.807) is 12.8 Å². The van der Waals surface area contributed by atoms with Crippen molar-refractivity contribution in [2.24, 2.45) is 35.5 Å². The molecule has 2 saturated heterocycles. The quantitative estimate of drug-likeness (QED) is 0.527. The van der Waals surface area contributed by atoms with Crippen molar-refractivity contribution in [3.8, 4) is 0 Å². The van der Waals surface area contributed by atoms with Gasteiger partial charge in [-0.3, -0.25) is 4.90 Å². The SMILES string of the molecule is C[C@@H]1C2C[C@H]3[C@@H]1[C@@H](C1C[C@@H]21)[C@]1(C)C[N@@]31. The molecule has 0 aromatic heterocycles. The van der Waals surface area contributed by atoms with Crippen LogP contribution in [-0.4, -0.2) is 23.0 Å². The third-order valence-electron chi connectivity index (χ3n) is 6.72. The molecule has 1 nitrogen and oxygen atoms in total. The van der Waals surface area contributed by atoms with Crippen molar-refractivity contribution in [3.63, 3.8) is 0 Å². The lowest BCUT2D eigenvalue weighted by Gasteiger charge is -2.34. The Labute approximate surface area is 85.8 Å².